The van der Waals surface area contributed by atoms with Crippen LogP contribution < -0.4 is 5.32 Å². The predicted octanol–water partition coefficient (Wildman–Crippen LogP) is 1.76. The Balaban J connectivity index is 1.74. The second-order valence-corrected chi connectivity index (χ2v) is 7.87. The van der Waals surface area contributed by atoms with Crippen LogP contribution in [-0.2, 0) is 21.7 Å². The first kappa shape index (κ1) is 14.9. The molecule has 0 spiro atoms. The average molecular weight is 327 g/mol. The van der Waals surface area contributed by atoms with E-state index >= 15 is 0 Å². The van der Waals surface area contributed by atoms with E-state index in [1.807, 2.05) is 17.8 Å². The van der Waals surface area contributed by atoms with E-state index in [1.54, 1.807) is 6.92 Å². The Hall–Kier alpha value is -1.05. The molecule has 0 aliphatic carbocycles. The van der Waals surface area contributed by atoms with Crippen LogP contribution in [-0.4, -0.2) is 42.0 Å². The Bertz CT molecular complexity index is 562. The molecule has 2 atom stereocenters. The number of carboxylic acid groups (broad SMARTS) is 1. The molecule has 2 aliphatic rings. The molecule has 21 heavy (non-hydrogen) atoms. The van der Waals surface area contributed by atoms with Gasteiger partial charge in [0, 0.05) is 10.6 Å². The molecular formula is C14H17NO4S2. The molecule has 114 valence electrons. The van der Waals surface area contributed by atoms with Crippen LogP contribution in [0.15, 0.2) is 6.07 Å². The van der Waals surface area contributed by atoms with Gasteiger partial charge in [-0.3, -0.25) is 9.59 Å². The Kier molecular flexibility index (Phi) is 3.98. The van der Waals surface area contributed by atoms with Gasteiger partial charge in [0.1, 0.15) is 5.41 Å². The van der Waals surface area contributed by atoms with Crippen LogP contribution in [0.2, 0.25) is 0 Å². The summed E-state index contributed by atoms with van der Waals surface area (Å²) < 4.78 is 5.26. The van der Waals surface area contributed by atoms with Crippen molar-refractivity contribution in [1.29, 1.82) is 0 Å². The lowest BCUT2D eigenvalue weighted by molar-refractivity contribution is -0.148. The highest BCUT2D eigenvalue weighted by Crippen LogP contribution is 2.33. The zero-order valence-corrected chi connectivity index (χ0v) is 13.3. The minimum atomic E-state index is -1.05. The Labute approximate surface area is 131 Å². The molecule has 0 bridgehead atoms. The quantitative estimate of drug-likeness (QED) is 0.885. The summed E-state index contributed by atoms with van der Waals surface area (Å²) in [6, 6.07) is 1.45. The highest BCUT2D eigenvalue weighted by molar-refractivity contribution is 7.98. The SMILES string of the molecule is CC1(C(=O)O)COCC1NC(=O)c1cc2c(s1)CCSC2. The monoisotopic (exact) mass is 327 g/mol. The fraction of sp³-hybridized carbons (Fsp3) is 0.571. The fourth-order valence-corrected chi connectivity index (χ4v) is 4.85. The fourth-order valence-electron chi connectivity index (χ4n) is 2.57. The molecule has 2 unspecified atom stereocenters. The van der Waals surface area contributed by atoms with Gasteiger partial charge in [-0.05, 0) is 30.7 Å². The number of amides is 1. The number of carboxylic acids is 1. The number of ether oxygens (including phenoxy) is 1. The normalized spacial score (nSPS) is 28.1. The minimum absolute atomic E-state index is 0.130. The third-order valence-electron chi connectivity index (χ3n) is 4.10. The summed E-state index contributed by atoms with van der Waals surface area (Å²) in [6.45, 7) is 1.99. The summed E-state index contributed by atoms with van der Waals surface area (Å²) in [5.41, 5.74) is 0.188. The number of fused-ring (bicyclic) bond motifs is 1. The maximum Gasteiger partial charge on any atom is 0.313 e. The zero-order chi connectivity index (χ0) is 15.0. The summed E-state index contributed by atoms with van der Waals surface area (Å²) in [4.78, 5) is 25.7. The smallest absolute Gasteiger partial charge is 0.313 e. The number of aryl methyl sites for hydroxylation is 1. The molecule has 3 heterocycles. The van der Waals surface area contributed by atoms with Gasteiger partial charge in [0.2, 0.25) is 0 Å². The van der Waals surface area contributed by atoms with Crippen LogP contribution in [0.25, 0.3) is 0 Å². The molecule has 1 aromatic rings. The maximum atomic E-state index is 12.4. The van der Waals surface area contributed by atoms with Crippen molar-refractivity contribution in [3.63, 3.8) is 0 Å². The first-order valence-electron chi connectivity index (χ1n) is 6.82. The van der Waals surface area contributed by atoms with Crippen molar-refractivity contribution >= 4 is 35.0 Å². The van der Waals surface area contributed by atoms with Gasteiger partial charge in [-0.25, -0.2) is 0 Å². The van der Waals surface area contributed by atoms with Crippen molar-refractivity contribution in [2.24, 2.45) is 5.41 Å². The number of thiophene rings is 1. The number of rotatable bonds is 3. The van der Waals surface area contributed by atoms with E-state index < -0.39 is 17.4 Å². The summed E-state index contributed by atoms with van der Waals surface area (Å²) in [5.74, 6) is 0.926. The molecule has 2 N–H and O–H groups in total. The molecule has 0 saturated carbocycles. The van der Waals surface area contributed by atoms with Crippen molar-refractivity contribution < 1.29 is 19.4 Å². The lowest BCUT2D eigenvalue weighted by Crippen LogP contribution is -2.49. The van der Waals surface area contributed by atoms with E-state index in [4.69, 9.17) is 4.74 Å². The van der Waals surface area contributed by atoms with E-state index in [-0.39, 0.29) is 19.1 Å². The Morgan fingerprint density at radius 1 is 1.52 bits per heavy atom. The van der Waals surface area contributed by atoms with Gasteiger partial charge >= 0.3 is 5.97 Å². The molecule has 0 aromatic carbocycles. The molecule has 0 radical (unpaired) electrons. The summed E-state index contributed by atoms with van der Waals surface area (Å²) >= 11 is 3.40. The van der Waals surface area contributed by atoms with Crippen molar-refractivity contribution in [2.75, 3.05) is 19.0 Å². The lowest BCUT2D eigenvalue weighted by Gasteiger charge is -2.25. The third kappa shape index (κ3) is 2.69. The standard InChI is InChI=1S/C14H17NO4S2/c1-14(13(17)18)7-19-5-11(14)15-12(16)10-4-8-6-20-3-2-9(8)21-10/h4,11H,2-3,5-7H2,1H3,(H,15,16)(H,17,18). The van der Waals surface area contributed by atoms with Gasteiger partial charge in [-0.1, -0.05) is 0 Å². The number of thioether (sulfide) groups is 1. The summed E-state index contributed by atoms with van der Waals surface area (Å²) in [7, 11) is 0. The second-order valence-electron chi connectivity index (χ2n) is 5.63. The lowest BCUT2D eigenvalue weighted by atomic mass is 9.85. The van der Waals surface area contributed by atoms with Gasteiger partial charge in [-0.15, -0.1) is 11.3 Å². The summed E-state index contributed by atoms with van der Waals surface area (Å²) in [5, 5.41) is 12.2. The maximum absolute atomic E-state index is 12.4. The number of aliphatic carboxylic acids is 1. The molecule has 5 nitrogen and oxygen atoms in total. The molecule has 2 aliphatic heterocycles. The van der Waals surface area contributed by atoms with Crippen LogP contribution in [0.3, 0.4) is 0 Å². The highest BCUT2D eigenvalue weighted by Gasteiger charge is 2.47. The molecule has 1 saturated heterocycles. The molecule has 7 heteroatoms. The minimum Gasteiger partial charge on any atom is -0.481 e. The largest absolute Gasteiger partial charge is 0.481 e. The molecular weight excluding hydrogens is 310 g/mol. The number of hydrogen-bond acceptors (Lipinski definition) is 5. The summed E-state index contributed by atoms with van der Waals surface area (Å²) in [6.07, 6.45) is 1.01. The third-order valence-corrected chi connectivity index (χ3v) is 6.34. The van der Waals surface area contributed by atoms with E-state index in [1.165, 1.54) is 21.8 Å². The topological polar surface area (TPSA) is 75.6 Å². The second kappa shape index (κ2) is 5.62. The van der Waals surface area contributed by atoms with Crippen molar-refractivity contribution in [3.05, 3.63) is 21.4 Å². The van der Waals surface area contributed by atoms with E-state index in [9.17, 15) is 14.7 Å². The molecule has 1 fully saturated rings. The van der Waals surface area contributed by atoms with E-state index in [0.29, 0.717) is 4.88 Å². The number of hydrogen-bond donors (Lipinski definition) is 2. The molecule has 1 amide bonds. The average Bonchev–Trinajstić information content (AvgIpc) is 3.04. The highest BCUT2D eigenvalue weighted by atomic mass is 32.2. The van der Waals surface area contributed by atoms with E-state index in [2.05, 4.69) is 5.32 Å². The Morgan fingerprint density at radius 3 is 3.05 bits per heavy atom. The molecule has 3 rings (SSSR count). The first-order valence-corrected chi connectivity index (χ1v) is 8.79. The number of carbonyl (C=O) groups excluding carboxylic acids is 1. The van der Waals surface area contributed by atoms with Crippen LogP contribution in [0.1, 0.15) is 27.0 Å². The number of nitrogens with one attached hydrogen (secondary N) is 1. The van der Waals surface area contributed by atoms with Gasteiger partial charge in [0.15, 0.2) is 0 Å². The molecule has 1 aromatic heterocycles. The van der Waals surface area contributed by atoms with Gasteiger partial charge in [-0.2, -0.15) is 11.8 Å². The van der Waals surface area contributed by atoms with E-state index in [0.717, 1.165) is 17.9 Å². The van der Waals surface area contributed by atoms with Crippen LogP contribution in [0, 0.1) is 5.41 Å². The van der Waals surface area contributed by atoms with Crippen LogP contribution in [0.5, 0.6) is 0 Å². The van der Waals surface area contributed by atoms with Gasteiger partial charge in [0.25, 0.3) is 5.91 Å². The number of carbonyl (C=O) groups is 2. The van der Waals surface area contributed by atoms with Crippen LogP contribution in [0.4, 0.5) is 0 Å². The zero-order valence-electron chi connectivity index (χ0n) is 11.7. The van der Waals surface area contributed by atoms with Crippen molar-refractivity contribution in [3.8, 4) is 0 Å². The van der Waals surface area contributed by atoms with Gasteiger partial charge < -0.3 is 15.2 Å². The predicted molar refractivity (Wildman–Crippen MR) is 82.0 cm³/mol. The van der Waals surface area contributed by atoms with Crippen LogP contribution >= 0.6 is 23.1 Å². The van der Waals surface area contributed by atoms with Gasteiger partial charge in [0.05, 0.1) is 24.1 Å². The Morgan fingerprint density at radius 2 is 2.33 bits per heavy atom. The van der Waals surface area contributed by atoms with Crippen molar-refractivity contribution in [2.45, 2.75) is 25.1 Å². The van der Waals surface area contributed by atoms with Crippen molar-refractivity contribution in [1.82, 2.24) is 5.32 Å². The first-order chi connectivity index (χ1) is 10.0.